The van der Waals surface area contributed by atoms with E-state index in [1.807, 2.05) is 0 Å². The van der Waals surface area contributed by atoms with E-state index in [0.717, 1.165) is 11.3 Å². The van der Waals surface area contributed by atoms with Crippen molar-refractivity contribution in [3.63, 3.8) is 0 Å². The molecule has 0 aliphatic rings. The van der Waals surface area contributed by atoms with Gasteiger partial charge in [0.15, 0.2) is 0 Å². The van der Waals surface area contributed by atoms with E-state index in [9.17, 15) is 12.8 Å². The first-order valence-electron chi connectivity index (χ1n) is 4.72. The first kappa shape index (κ1) is 12.2. The molecule has 0 radical (unpaired) electrons. The van der Waals surface area contributed by atoms with Crippen LogP contribution in [-0.2, 0) is 16.6 Å². The molecule has 90 valence electrons. The summed E-state index contributed by atoms with van der Waals surface area (Å²) in [6, 6.07) is 5.82. The molecular formula is C10H9FN2O2S2. The zero-order valence-corrected chi connectivity index (χ0v) is 10.3. The van der Waals surface area contributed by atoms with Crippen LogP contribution < -0.4 is 4.72 Å². The molecule has 2 aromatic heterocycles. The van der Waals surface area contributed by atoms with Crippen molar-refractivity contribution in [2.45, 2.75) is 10.8 Å². The summed E-state index contributed by atoms with van der Waals surface area (Å²) in [6.45, 7) is -0.160. The minimum absolute atomic E-state index is 0.0765. The third-order valence-corrected chi connectivity index (χ3v) is 4.82. The summed E-state index contributed by atoms with van der Waals surface area (Å²) in [5.74, 6) is -0.527. The van der Waals surface area contributed by atoms with Gasteiger partial charge in [-0.15, -0.1) is 11.3 Å². The lowest BCUT2D eigenvalue weighted by Crippen LogP contribution is -2.23. The van der Waals surface area contributed by atoms with Gasteiger partial charge in [-0.3, -0.25) is 4.98 Å². The van der Waals surface area contributed by atoms with E-state index < -0.39 is 15.8 Å². The number of pyridine rings is 1. The summed E-state index contributed by atoms with van der Waals surface area (Å²) in [4.78, 5) is 3.76. The maximum absolute atomic E-state index is 13.2. The van der Waals surface area contributed by atoms with E-state index in [1.165, 1.54) is 24.4 Å². The standard InChI is InChI=1S/C10H9FN2O2S2/c11-8-3-1-5-12-9(8)7-13-17(14,15)10-4-2-6-16-10/h1-6,13H,7H2. The van der Waals surface area contributed by atoms with E-state index in [0.29, 0.717) is 0 Å². The lowest BCUT2D eigenvalue weighted by atomic mass is 10.3. The summed E-state index contributed by atoms with van der Waals surface area (Å²) in [7, 11) is -3.57. The predicted octanol–water partition coefficient (Wildman–Crippen LogP) is 1.76. The Morgan fingerprint density at radius 1 is 1.35 bits per heavy atom. The fraction of sp³-hybridized carbons (Fsp3) is 0.100. The topological polar surface area (TPSA) is 59.1 Å². The maximum Gasteiger partial charge on any atom is 0.250 e. The molecule has 17 heavy (non-hydrogen) atoms. The summed E-state index contributed by atoms with van der Waals surface area (Å²) >= 11 is 1.10. The molecule has 0 aliphatic heterocycles. The molecule has 0 atom stereocenters. The number of nitrogens with one attached hydrogen (secondary N) is 1. The van der Waals surface area contributed by atoms with E-state index in [-0.39, 0.29) is 16.4 Å². The Bertz CT molecular complexity index is 597. The Hall–Kier alpha value is -1.31. The summed E-state index contributed by atoms with van der Waals surface area (Å²) in [5, 5.41) is 1.66. The van der Waals surface area contributed by atoms with Gasteiger partial charge in [0.1, 0.15) is 10.0 Å². The molecule has 0 saturated carbocycles. The molecular weight excluding hydrogens is 263 g/mol. The summed E-state index contributed by atoms with van der Waals surface area (Å²) in [6.07, 6.45) is 1.41. The van der Waals surface area contributed by atoms with E-state index >= 15 is 0 Å². The molecule has 0 amide bonds. The van der Waals surface area contributed by atoms with Crippen molar-refractivity contribution in [2.75, 3.05) is 0 Å². The second-order valence-corrected chi connectivity index (χ2v) is 6.13. The Labute approximate surface area is 102 Å². The third kappa shape index (κ3) is 2.87. The van der Waals surface area contributed by atoms with Crippen molar-refractivity contribution in [3.8, 4) is 0 Å². The normalized spacial score (nSPS) is 11.6. The number of hydrogen-bond donors (Lipinski definition) is 1. The van der Waals surface area contributed by atoms with Crippen LogP contribution in [0.1, 0.15) is 5.69 Å². The molecule has 0 spiro atoms. The van der Waals surface area contributed by atoms with Gasteiger partial charge in [-0.05, 0) is 23.6 Å². The Morgan fingerprint density at radius 3 is 2.82 bits per heavy atom. The van der Waals surface area contributed by atoms with Crippen LogP contribution in [-0.4, -0.2) is 13.4 Å². The monoisotopic (exact) mass is 272 g/mol. The average Bonchev–Trinajstić information content (AvgIpc) is 2.82. The molecule has 4 nitrogen and oxygen atoms in total. The highest BCUT2D eigenvalue weighted by atomic mass is 32.2. The molecule has 0 fully saturated rings. The van der Waals surface area contributed by atoms with Crippen LogP contribution in [0.2, 0.25) is 0 Å². The Balaban J connectivity index is 2.12. The highest BCUT2D eigenvalue weighted by Crippen LogP contribution is 2.15. The van der Waals surface area contributed by atoms with Crippen molar-refractivity contribution >= 4 is 21.4 Å². The first-order chi connectivity index (χ1) is 8.09. The molecule has 0 aliphatic carbocycles. The van der Waals surface area contributed by atoms with Crippen LogP contribution >= 0.6 is 11.3 Å². The Kier molecular flexibility index (Phi) is 3.51. The number of hydrogen-bond acceptors (Lipinski definition) is 4. The van der Waals surface area contributed by atoms with Crippen molar-refractivity contribution in [2.24, 2.45) is 0 Å². The Morgan fingerprint density at radius 2 is 2.18 bits per heavy atom. The quantitative estimate of drug-likeness (QED) is 0.922. The van der Waals surface area contributed by atoms with Crippen LogP contribution in [0.4, 0.5) is 4.39 Å². The van der Waals surface area contributed by atoms with E-state index in [4.69, 9.17) is 0 Å². The minimum atomic E-state index is -3.57. The summed E-state index contributed by atoms with van der Waals surface area (Å²) < 4.78 is 39.2. The van der Waals surface area contributed by atoms with Crippen LogP contribution in [0.15, 0.2) is 40.1 Å². The highest BCUT2D eigenvalue weighted by Gasteiger charge is 2.15. The predicted molar refractivity (Wildman–Crippen MR) is 62.5 cm³/mol. The fourth-order valence-electron chi connectivity index (χ4n) is 1.20. The molecule has 2 heterocycles. The van der Waals surface area contributed by atoms with Gasteiger partial charge < -0.3 is 0 Å². The number of nitrogens with zero attached hydrogens (tertiary/aromatic N) is 1. The molecule has 0 saturated heterocycles. The fourth-order valence-corrected chi connectivity index (χ4v) is 3.22. The van der Waals surface area contributed by atoms with Gasteiger partial charge in [0.2, 0.25) is 10.0 Å². The van der Waals surface area contributed by atoms with Gasteiger partial charge in [0.25, 0.3) is 0 Å². The molecule has 0 unspecified atom stereocenters. The van der Waals surface area contributed by atoms with E-state index in [2.05, 4.69) is 9.71 Å². The number of aromatic nitrogens is 1. The number of rotatable bonds is 4. The number of sulfonamides is 1. The second kappa shape index (κ2) is 4.91. The molecule has 1 N–H and O–H groups in total. The third-order valence-electron chi connectivity index (χ3n) is 2.02. The van der Waals surface area contributed by atoms with Crippen molar-refractivity contribution in [1.29, 1.82) is 0 Å². The smallest absolute Gasteiger partial charge is 0.250 e. The zero-order chi connectivity index (χ0) is 12.3. The van der Waals surface area contributed by atoms with Crippen molar-refractivity contribution in [1.82, 2.24) is 9.71 Å². The molecule has 2 aromatic rings. The van der Waals surface area contributed by atoms with Crippen LogP contribution in [0.25, 0.3) is 0 Å². The van der Waals surface area contributed by atoms with Gasteiger partial charge in [-0.25, -0.2) is 17.5 Å². The minimum Gasteiger partial charge on any atom is -0.257 e. The van der Waals surface area contributed by atoms with Gasteiger partial charge in [-0.2, -0.15) is 0 Å². The maximum atomic E-state index is 13.2. The van der Waals surface area contributed by atoms with Crippen LogP contribution in [0.5, 0.6) is 0 Å². The highest BCUT2D eigenvalue weighted by molar-refractivity contribution is 7.91. The van der Waals surface area contributed by atoms with Gasteiger partial charge in [-0.1, -0.05) is 6.07 Å². The number of halogens is 1. The number of thiophene rings is 1. The van der Waals surface area contributed by atoms with E-state index in [1.54, 1.807) is 11.4 Å². The molecule has 2 rings (SSSR count). The second-order valence-electron chi connectivity index (χ2n) is 3.19. The average molecular weight is 272 g/mol. The molecule has 0 bridgehead atoms. The van der Waals surface area contributed by atoms with Crippen molar-refractivity contribution in [3.05, 3.63) is 47.4 Å². The lowest BCUT2D eigenvalue weighted by molar-refractivity contribution is 0.571. The SMILES string of the molecule is O=S(=O)(NCc1ncccc1F)c1cccs1. The van der Waals surface area contributed by atoms with Gasteiger partial charge in [0.05, 0.1) is 12.2 Å². The molecule has 7 heteroatoms. The van der Waals surface area contributed by atoms with Gasteiger partial charge >= 0.3 is 0 Å². The van der Waals surface area contributed by atoms with Crippen LogP contribution in [0.3, 0.4) is 0 Å². The zero-order valence-electron chi connectivity index (χ0n) is 8.63. The van der Waals surface area contributed by atoms with Gasteiger partial charge in [0, 0.05) is 6.20 Å². The largest absolute Gasteiger partial charge is 0.257 e. The molecule has 0 aromatic carbocycles. The van der Waals surface area contributed by atoms with Crippen LogP contribution in [0, 0.1) is 5.82 Å². The lowest BCUT2D eigenvalue weighted by Gasteiger charge is -2.04. The first-order valence-corrected chi connectivity index (χ1v) is 7.08. The summed E-state index contributed by atoms with van der Waals surface area (Å²) in [5.41, 5.74) is 0.0765. The van der Waals surface area contributed by atoms with Crippen molar-refractivity contribution < 1.29 is 12.8 Å².